The van der Waals surface area contributed by atoms with Crippen molar-refractivity contribution >= 4 is 33.0 Å². The number of halogens is 1. The molecule has 2 N–H and O–H groups in total. The first-order chi connectivity index (χ1) is 9.92. The van der Waals surface area contributed by atoms with E-state index in [1.807, 2.05) is 0 Å². The highest BCUT2D eigenvalue weighted by Crippen LogP contribution is 2.45. The number of nitrogens with one attached hydrogen (secondary N) is 1. The van der Waals surface area contributed by atoms with E-state index in [1.165, 1.54) is 18.4 Å². The van der Waals surface area contributed by atoms with E-state index in [4.69, 9.17) is 16.0 Å². The molecule has 0 spiro atoms. The van der Waals surface area contributed by atoms with Gasteiger partial charge in [-0.05, 0) is 43.0 Å². The van der Waals surface area contributed by atoms with Crippen LogP contribution >= 0.6 is 22.9 Å². The summed E-state index contributed by atoms with van der Waals surface area (Å²) in [6.45, 7) is -0.122. The topological polar surface area (TPSA) is 79.5 Å². The third kappa shape index (κ3) is 3.02. The highest BCUT2D eigenvalue weighted by molar-refractivity contribution is 7.91. The van der Waals surface area contributed by atoms with Gasteiger partial charge in [0.25, 0.3) is 0 Å². The first kappa shape index (κ1) is 15.1. The lowest BCUT2D eigenvalue weighted by Gasteiger charge is -2.26. The van der Waals surface area contributed by atoms with Crippen molar-refractivity contribution in [3.63, 3.8) is 0 Å². The van der Waals surface area contributed by atoms with Crippen molar-refractivity contribution in [2.75, 3.05) is 6.54 Å². The summed E-state index contributed by atoms with van der Waals surface area (Å²) in [5.41, 5.74) is -1.31. The largest absolute Gasteiger partial charge is 0.466 e. The monoisotopic (exact) mass is 347 g/mol. The number of aliphatic hydroxyl groups is 1. The number of thiophene rings is 1. The van der Waals surface area contributed by atoms with Crippen LogP contribution < -0.4 is 4.72 Å². The number of hydrogen-bond donors (Lipinski definition) is 2. The molecule has 2 heterocycles. The maximum atomic E-state index is 12.2. The molecule has 3 rings (SSSR count). The molecule has 5 nitrogen and oxygen atoms in total. The predicted molar refractivity (Wildman–Crippen MR) is 79.8 cm³/mol. The molecule has 0 radical (unpaired) electrons. The second-order valence-corrected chi connectivity index (χ2v) is 8.77. The second-order valence-electron chi connectivity index (χ2n) is 5.06. The highest BCUT2D eigenvalue weighted by atomic mass is 35.5. The summed E-state index contributed by atoms with van der Waals surface area (Å²) in [7, 11) is -3.69. The summed E-state index contributed by atoms with van der Waals surface area (Å²) in [5.74, 6) is 0.398. The lowest BCUT2D eigenvalue weighted by atomic mass is 9.95. The van der Waals surface area contributed by atoms with Crippen LogP contribution in [0.25, 0.3) is 0 Å². The van der Waals surface area contributed by atoms with E-state index in [0.717, 1.165) is 24.2 Å². The Balaban J connectivity index is 1.79. The summed E-state index contributed by atoms with van der Waals surface area (Å²) >= 11 is 6.74. The van der Waals surface area contributed by atoms with Gasteiger partial charge in [-0.3, -0.25) is 0 Å². The number of rotatable bonds is 6. The van der Waals surface area contributed by atoms with Gasteiger partial charge in [-0.1, -0.05) is 11.6 Å². The fraction of sp³-hybridized carbons (Fsp3) is 0.385. The van der Waals surface area contributed by atoms with Crippen molar-refractivity contribution in [1.82, 2.24) is 4.72 Å². The van der Waals surface area contributed by atoms with Crippen LogP contribution in [-0.4, -0.2) is 20.1 Å². The Morgan fingerprint density at radius 1 is 1.43 bits per heavy atom. The van der Waals surface area contributed by atoms with Crippen LogP contribution in [0.5, 0.6) is 0 Å². The fourth-order valence-electron chi connectivity index (χ4n) is 2.24. The van der Waals surface area contributed by atoms with Gasteiger partial charge in [0.1, 0.15) is 15.6 Å². The van der Waals surface area contributed by atoms with Crippen LogP contribution in [0.4, 0.5) is 0 Å². The van der Waals surface area contributed by atoms with Gasteiger partial charge in [0, 0.05) is 6.54 Å². The van der Waals surface area contributed by atoms with E-state index in [0.29, 0.717) is 10.1 Å². The van der Waals surface area contributed by atoms with Gasteiger partial charge in [-0.15, -0.1) is 11.3 Å². The lowest BCUT2D eigenvalue weighted by molar-refractivity contribution is -0.00223. The number of hydrogen-bond acceptors (Lipinski definition) is 5. The molecule has 8 heteroatoms. The van der Waals surface area contributed by atoms with Crippen LogP contribution in [0.2, 0.25) is 4.34 Å². The molecular weight excluding hydrogens is 334 g/mol. The molecule has 114 valence electrons. The zero-order valence-corrected chi connectivity index (χ0v) is 13.3. The zero-order chi connectivity index (χ0) is 15.1. The Kier molecular flexibility index (Phi) is 3.87. The van der Waals surface area contributed by atoms with Crippen molar-refractivity contribution in [2.45, 2.75) is 22.7 Å². The Hall–Kier alpha value is -0.860. The van der Waals surface area contributed by atoms with E-state index >= 15 is 0 Å². The molecule has 0 amide bonds. The molecule has 1 saturated carbocycles. The fourth-order valence-corrected chi connectivity index (χ4v) is 4.84. The summed E-state index contributed by atoms with van der Waals surface area (Å²) in [4.78, 5) is 0. The molecular formula is C13H14ClNO4S2. The minimum atomic E-state index is -3.69. The molecule has 1 atom stereocenters. The quantitative estimate of drug-likeness (QED) is 0.841. The maximum Gasteiger partial charge on any atom is 0.250 e. The van der Waals surface area contributed by atoms with Crippen LogP contribution in [0.3, 0.4) is 0 Å². The first-order valence-electron chi connectivity index (χ1n) is 6.43. The Labute approximate surface area is 131 Å². The average Bonchev–Trinajstić information content (AvgIpc) is 2.97. The third-order valence-electron chi connectivity index (χ3n) is 3.55. The van der Waals surface area contributed by atoms with Gasteiger partial charge in [0.2, 0.25) is 10.0 Å². The first-order valence-corrected chi connectivity index (χ1v) is 9.11. The molecule has 1 aliphatic rings. The minimum absolute atomic E-state index is 0.0123. The van der Waals surface area contributed by atoms with Crippen LogP contribution in [0.15, 0.2) is 39.2 Å². The Morgan fingerprint density at radius 2 is 2.19 bits per heavy atom. The zero-order valence-electron chi connectivity index (χ0n) is 11.0. The molecule has 1 fully saturated rings. The Bertz CT molecular complexity index is 721. The van der Waals surface area contributed by atoms with Gasteiger partial charge in [-0.2, -0.15) is 0 Å². The van der Waals surface area contributed by atoms with Gasteiger partial charge in [0.15, 0.2) is 0 Å². The van der Waals surface area contributed by atoms with Crippen molar-refractivity contribution in [3.8, 4) is 0 Å². The normalized spacial score (nSPS) is 18.6. The van der Waals surface area contributed by atoms with Gasteiger partial charge >= 0.3 is 0 Å². The van der Waals surface area contributed by atoms with Crippen LogP contribution in [-0.2, 0) is 15.6 Å². The van der Waals surface area contributed by atoms with Crippen molar-refractivity contribution < 1.29 is 17.9 Å². The molecule has 0 unspecified atom stereocenters. The van der Waals surface area contributed by atoms with Gasteiger partial charge < -0.3 is 9.52 Å². The molecule has 2 aromatic rings. The van der Waals surface area contributed by atoms with E-state index in [2.05, 4.69) is 4.72 Å². The number of sulfonamides is 1. The van der Waals surface area contributed by atoms with E-state index < -0.39 is 15.6 Å². The van der Waals surface area contributed by atoms with E-state index in [9.17, 15) is 13.5 Å². The standard InChI is InChI=1S/C13H14ClNO4S2/c14-11-5-6-12(20-11)21(17,18)15-8-13(16,9-3-4-9)10-2-1-7-19-10/h1-2,5-7,9,15-16H,3-4,8H2/t13-/m1/s1. The van der Waals surface area contributed by atoms with Crippen LogP contribution in [0, 0.1) is 5.92 Å². The lowest BCUT2D eigenvalue weighted by Crippen LogP contribution is -2.42. The SMILES string of the molecule is O=S(=O)(NC[C@](O)(c1ccco1)C1CC1)c1ccc(Cl)s1. The van der Waals surface area contributed by atoms with Crippen molar-refractivity contribution in [1.29, 1.82) is 0 Å². The van der Waals surface area contributed by atoms with Gasteiger partial charge in [0.05, 0.1) is 10.6 Å². The summed E-state index contributed by atoms with van der Waals surface area (Å²) in [6, 6.07) is 6.31. The summed E-state index contributed by atoms with van der Waals surface area (Å²) in [5, 5.41) is 10.8. The summed E-state index contributed by atoms with van der Waals surface area (Å²) in [6.07, 6.45) is 3.17. The molecule has 2 aromatic heterocycles. The Morgan fingerprint density at radius 3 is 2.71 bits per heavy atom. The third-order valence-corrected chi connectivity index (χ3v) is 6.67. The second kappa shape index (κ2) is 5.40. The molecule has 1 aliphatic carbocycles. The van der Waals surface area contributed by atoms with Crippen molar-refractivity contribution in [2.24, 2.45) is 5.92 Å². The number of furan rings is 1. The minimum Gasteiger partial charge on any atom is -0.466 e. The summed E-state index contributed by atoms with van der Waals surface area (Å²) < 4.78 is 32.7. The molecule has 21 heavy (non-hydrogen) atoms. The smallest absolute Gasteiger partial charge is 0.250 e. The molecule has 0 bridgehead atoms. The predicted octanol–water partition coefficient (Wildman–Crippen LogP) is 2.57. The van der Waals surface area contributed by atoms with Gasteiger partial charge in [-0.25, -0.2) is 13.1 Å². The average molecular weight is 348 g/mol. The highest BCUT2D eigenvalue weighted by Gasteiger charge is 2.47. The van der Waals surface area contributed by atoms with Crippen LogP contribution in [0.1, 0.15) is 18.6 Å². The molecule has 0 saturated heterocycles. The van der Waals surface area contributed by atoms with Crippen molar-refractivity contribution in [3.05, 3.63) is 40.6 Å². The molecule has 0 aliphatic heterocycles. The van der Waals surface area contributed by atoms with E-state index in [1.54, 1.807) is 12.1 Å². The molecule has 0 aromatic carbocycles. The maximum absolute atomic E-state index is 12.2. The van der Waals surface area contributed by atoms with E-state index in [-0.39, 0.29) is 16.7 Å².